The molecule has 0 saturated carbocycles. The van der Waals surface area contributed by atoms with E-state index in [1.165, 1.54) is 6.07 Å². The summed E-state index contributed by atoms with van der Waals surface area (Å²) in [5, 5.41) is 6.17. The van der Waals surface area contributed by atoms with Gasteiger partial charge in [0.2, 0.25) is 11.9 Å². The highest BCUT2D eigenvalue weighted by Crippen LogP contribution is 2.27. The minimum absolute atomic E-state index is 0.208. The van der Waals surface area contributed by atoms with Crippen LogP contribution >= 0.6 is 0 Å². The van der Waals surface area contributed by atoms with Gasteiger partial charge in [-0.05, 0) is 50.6 Å². The van der Waals surface area contributed by atoms with E-state index in [-0.39, 0.29) is 17.6 Å². The van der Waals surface area contributed by atoms with Crippen molar-refractivity contribution in [2.24, 2.45) is 0 Å². The van der Waals surface area contributed by atoms with Gasteiger partial charge in [-0.15, -0.1) is 0 Å². The van der Waals surface area contributed by atoms with Crippen molar-refractivity contribution in [3.63, 3.8) is 0 Å². The molecule has 0 fully saturated rings. The lowest BCUT2D eigenvalue weighted by Crippen LogP contribution is -2.07. The van der Waals surface area contributed by atoms with Gasteiger partial charge in [-0.3, -0.25) is 9.13 Å². The average Bonchev–Trinajstić information content (AvgIpc) is 3.61. The molecule has 13 nitrogen and oxygen atoms in total. The number of hydrogen-bond acceptors (Lipinski definition) is 11. The molecule has 4 aromatic heterocycles. The largest absolute Gasteiger partial charge is 0.497 e. The van der Waals surface area contributed by atoms with Crippen LogP contribution in [-0.4, -0.2) is 46.1 Å². The average molecular weight is 749 g/mol. The summed E-state index contributed by atoms with van der Waals surface area (Å²) in [6.07, 6.45) is 0. The van der Waals surface area contributed by atoms with Gasteiger partial charge in [0.25, 0.3) is 0 Å². The predicted octanol–water partition coefficient (Wildman–Crippen LogP) is 7.77. The minimum atomic E-state index is -0.967. The van der Waals surface area contributed by atoms with E-state index in [9.17, 15) is 17.6 Å². The van der Waals surface area contributed by atoms with E-state index in [2.05, 4.69) is 40.5 Å². The molecule has 4 aromatic carbocycles. The maximum absolute atomic E-state index is 13.8. The smallest absolute Gasteiger partial charge is 0.231 e. The summed E-state index contributed by atoms with van der Waals surface area (Å²) in [5.41, 5.74) is 15.9. The van der Waals surface area contributed by atoms with Gasteiger partial charge in [-0.2, -0.15) is 19.9 Å². The van der Waals surface area contributed by atoms with Crippen LogP contribution in [0, 0.1) is 44.0 Å². The maximum Gasteiger partial charge on any atom is 0.231 e. The fourth-order valence-corrected chi connectivity index (χ4v) is 5.89. The first-order chi connectivity index (χ1) is 26.3. The predicted molar refractivity (Wildman–Crippen MR) is 202 cm³/mol. The molecule has 0 amide bonds. The zero-order chi connectivity index (χ0) is 39.0. The van der Waals surface area contributed by atoms with Crippen LogP contribution in [0.2, 0.25) is 0 Å². The summed E-state index contributed by atoms with van der Waals surface area (Å²) in [7, 11) is 1.57. The third kappa shape index (κ3) is 7.61. The van der Waals surface area contributed by atoms with Crippen LogP contribution in [0.1, 0.15) is 17.2 Å². The number of imidazole rings is 2. The van der Waals surface area contributed by atoms with Gasteiger partial charge in [0.1, 0.15) is 40.7 Å². The van der Waals surface area contributed by atoms with Crippen molar-refractivity contribution in [3.8, 4) is 17.4 Å². The Kier molecular flexibility index (Phi) is 9.58. The monoisotopic (exact) mass is 748 g/mol. The summed E-state index contributed by atoms with van der Waals surface area (Å²) in [6, 6.07) is 22.3. The van der Waals surface area contributed by atoms with Gasteiger partial charge in [0.05, 0.1) is 29.2 Å². The number of nitrogen functional groups attached to an aromatic ring is 2. The lowest BCUT2D eigenvalue weighted by molar-refractivity contribution is 0.415. The number of fused-ring (bicyclic) bond motifs is 2. The second-order valence-electron chi connectivity index (χ2n) is 12.3. The first-order valence-electron chi connectivity index (χ1n) is 16.6. The molecule has 6 N–H and O–H groups in total. The fraction of sp³-hybridized carbons (Fsp3) is 0.105. The molecule has 0 saturated heterocycles. The van der Waals surface area contributed by atoms with E-state index in [1.807, 2.05) is 49.4 Å². The molecule has 0 unspecified atom stereocenters. The molecule has 4 heterocycles. The number of anilines is 6. The maximum atomic E-state index is 13.8. The number of methoxy groups -OCH3 is 1. The molecular formula is C38H32F4N12O. The lowest BCUT2D eigenvalue weighted by Gasteiger charge is -2.11. The molecule has 0 radical (unpaired) electrons. The van der Waals surface area contributed by atoms with Crippen molar-refractivity contribution in [3.05, 3.63) is 125 Å². The van der Waals surface area contributed by atoms with Crippen LogP contribution in [0.25, 0.3) is 33.7 Å². The van der Waals surface area contributed by atoms with Gasteiger partial charge in [-0.25, -0.2) is 27.5 Å². The van der Waals surface area contributed by atoms with Crippen molar-refractivity contribution in [1.82, 2.24) is 39.0 Å². The standard InChI is InChI=1S/C19H16F2N6O.C19H16F2N6/c1-10-23-15-7-13(20)14(21)8-16(15)27(10)18-9-17(22)25-19(26-18)24-11-4-3-5-12(6-11)28-2;1-10-4-3-5-12(6-10)24-19-25-17(22)9-18(26-19)27-11(2)23-15-7-13(20)14(21)8-16(15)27/h3-9H,1-2H3,(H3,22,24,25,26);3-9H,1-2H3,(H3,22,24,25,26). The third-order valence-electron chi connectivity index (χ3n) is 8.25. The number of nitrogens with zero attached hydrogens (tertiary/aromatic N) is 8. The topological polar surface area (TPSA) is 173 Å². The van der Waals surface area contributed by atoms with Crippen LogP contribution in [-0.2, 0) is 0 Å². The summed E-state index contributed by atoms with van der Waals surface area (Å²) in [4.78, 5) is 25.9. The SMILES string of the molecule is COc1cccc(Nc2nc(N)cc(-n3c(C)nc4cc(F)c(F)cc43)n2)c1.Cc1cccc(Nc2nc(N)cc(-n3c(C)nc4cc(F)c(F)cc43)n2)c1. The highest BCUT2D eigenvalue weighted by atomic mass is 19.2. The molecule has 0 aliphatic carbocycles. The number of halogens is 4. The van der Waals surface area contributed by atoms with Crippen molar-refractivity contribution < 1.29 is 22.3 Å². The first-order valence-corrected chi connectivity index (χ1v) is 16.6. The Labute approximate surface area is 310 Å². The second-order valence-corrected chi connectivity index (χ2v) is 12.3. The Hall–Kier alpha value is -7.30. The van der Waals surface area contributed by atoms with E-state index < -0.39 is 23.3 Å². The highest BCUT2D eigenvalue weighted by Gasteiger charge is 2.17. The lowest BCUT2D eigenvalue weighted by atomic mass is 10.2. The van der Waals surface area contributed by atoms with E-state index in [0.29, 0.717) is 62.7 Å². The molecule has 0 aliphatic rings. The van der Waals surface area contributed by atoms with Gasteiger partial charge in [-0.1, -0.05) is 18.2 Å². The number of nitrogens with one attached hydrogen (secondary N) is 2. The van der Waals surface area contributed by atoms with Crippen LogP contribution in [0.4, 0.5) is 52.5 Å². The zero-order valence-corrected chi connectivity index (χ0v) is 29.7. The number of aryl methyl sites for hydroxylation is 3. The molecule has 0 atom stereocenters. The Morgan fingerprint density at radius 3 is 1.47 bits per heavy atom. The number of benzene rings is 4. The number of ether oxygens (including phenoxy) is 1. The first kappa shape index (κ1) is 36.1. The molecule has 0 bridgehead atoms. The molecule has 8 aromatic rings. The normalized spacial score (nSPS) is 11.1. The second kappa shape index (κ2) is 14.6. The van der Waals surface area contributed by atoms with E-state index in [0.717, 1.165) is 35.5 Å². The van der Waals surface area contributed by atoms with Crippen molar-refractivity contribution in [1.29, 1.82) is 0 Å². The summed E-state index contributed by atoms with van der Waals surface area (Å²) in [6.45, 7) is 5.41. The number of rotatable bonds is 7. The number of aromatic nitrogens is 8. The number of hydrogen-bond donors (Lipinski definition) is 4. The van der Waals surface area contributed by atoms with Crippen molar-refractivity contribution in [2.75, 3.05) is 29.2 Å². The van der Waals surface area contributed by atoms with E-state index in [1.54, 1.807) is 42.2 Å². The Bertz CT molecular complexity index is 2730. The van der Waals surface area contributed by atoms with Crippen LogP contribution in [0.3, 0.4) is 0 Å². The Morgan fingerprint density at radius 1 is 0.545 bits per heavy atom. The van der Waals surface area contributed by atoms with Crippen molar-refractivity contribution >= 4 is 57.0 Å². The molecule has 55 heavy (non-hydrogen) atoms. The molecule has 0 aliphatic heterocycles. The molecule has 8 rings (SSSR count). The van der Waals surface area contributed by atoms with Crippen molar-refractivity contribution in [2.45, 2.75) is 20.8 Å². The molecule has 0 spiro atoms. The summed E-state index contributed by atoms with van der Waals surface area (Å²) < 4.78 is 63.0. The van der Waals surface area contributed by atoms with Gasteiger partial charge < -0.3 is 26.8 Å². The zero-order valence-electron chi connectivity index (χ0n) is 29.7. The Balaban J connectivity index is 0.000000169. The van der Waals surface area contributed by atoms with Gasteiger partial charge in [0.15, 0.2) is 23.3 Å². The molecule has 17 heteroatoms. The van der Waals surface area contributed by atoms with Crippen LogP contribution < -0.4 is 26.8 Å². The van der Waals surface area contributed by atoms with E-state index in [4.69, 9.17) is 16.2 Å². The number of nitrogens with two attached hydrogens (primary N) is 2. The minimum Gasteiger partial charge on any atom is -0.497 e. The van der Waals surface area contributed by atoms with Gasteiger partial charge in [0, 0.05) is 53.8 Å². The highest BCUT2D eigenvalue weighted by molar-refractivity contribution is 5.79. The molecule has 278 valence electrons. The van der Waals surface area contributed by atoms with Gasteiger partial charge >= 0.3 is 0 Å². The molecular weight excluding hydrogens is 716 g/mol. The third-order valence-corrected chi connectivity index (χ3v) is 8.25. The summed E-state index contributed by atoms with van der Waals surface area (Å²) >= 11 is 0. The summed E-state index contributed by atoms with van der Waals surface area (Å²) in [5.74, 6) is -0.370. The van der Waals surface area contributed by atoms with E-state index >= 15 is 0 Å². The quantitative estimate of drug-likeness (QED) is 0.117. The van der Waals surface area contributed by atoms with Crippen LogP contribution in [0.15, 0.2) is 84.9 Å². The van der Waals surface area contributed by atoms with Crippen LogP contribution in [0.5, 0.6) is 5.75 Å². The Morgan fingerprint density at radius 2 is 1.00 bits per heavy atom. The fourth-order valence-electron chi connectivity index (χ4n) is 5.89.